The molecule has 0 bridgehead atoms. The van der Waals surface area contributed by atoms with Gasteiger partial charge in [-0.2, -0.15) is 0 Å². The Bertz CT molecular complexity index is 249. The first-order chi connectivity index (χ1) is 6.20. The van der Waals surface area contributed by atoms with Gasteiger partial charge in [-0.05, 0) is 24.2 Å². The van der Waals surface area contributed by atoms with Crippen molar-refractivity contribution in [3.05, 3.63) is 12.2 Å². The summed E-state index contributed by atoms with van der Waals surface area (Å²) in [5, 5.41) is -0.00230. The summed E-state index contributed by atoms with van der Waals surface area (Å²) in [6.45, 7) is 10.1. The van der Waals surface area contributed by atoms with Gasteiger partial charge >= 0.3 is 5.97 Å². The molecule has 0 aliphatic carbocycles. The van der Waals surface area contributed by atoms with Gasteiger partial charge in [0.1, 0.15) is 6.29 Å². The van der Waals surface area contributed by atoms with E-state index in [1.54, 1.807) is 0 Å². The van der Waals surface area contributed by atoms with Crippen molar-refractivity contribution in [1.29, 1.82) is 0 Å². The van der Waals surface area contributed by atoms with Crippen molar-refractivity contribution in [3.8, 4) is 0 Å². The zero-order valence-electron chi connectivity index (χ0n) is 9.46. The molecule has 0 fully saturated rings. The first kappa shape index (κ1) is 13.1. The molecule has 0 heterocycles. The molecule has 0 aliphatic rings. The Labute approximate surface area is 86.3 Å². The minimum absolute atomic E-state index is 0.00230. The van der Waals surface area contributed by atoms with Crippen molar-refractivity contribution in [1.82, 2.24) is 0 Å². The lowest BCUT2D eigenvalue weighted by Gasteiger charge is -2.34. The molecule has 0 unspecified atom stereocenters. The van der Waals surface area contributed by atoms with Crippen LogP contribution >= 0.6 is 0 Å². The summed E-state index contributed by atoms with van der Waals surface area (Å²) in [4.78, 5) is 21.2. The van der Waals surface area contributed by atoms with E-state index in [0.717, 1.165) is 12.2 Å². The topological polar surface area (TPSA) is 43.4 Å². The third kappa shape index (κ3) is 3.87. The van der Waals surface area contributed by atoms with Crippen LogP contribution in [-0.4, -0.2) is 20.6 Å². The van der Waals surface area contributed by atoms with Gasteiger partial charge in [0.25, 0.3) is 8.32 Å². The molecule has 0 N–H and O–H groups in total. The molecule has 0 aromatic carbocycles. The van der Waals surface area contributed by atoms with Crippen LogP contribution in [0.25, 0.3) is 0 Å². The highest BCUT2D eigenvalue weighted by Crippen LogP contribution is 2.36. The molecule has 0 aromatic heterocycles. The highest BCUT2D eigenvalue weighted by Gasteiger charge is 2.39. The number of allylic oxidation sites excluding steroid dienone is 1. The number of carbonyl (C=O) groups is 2. The molecule has 0 saturated heterocycles. The number of carbonyl (C=O) groups excluding carboxylic acids is 2. The van der Waals surface area contributed by atoms with Crippen LogP contribution in [0.15, 0.2) is 12.2 Å². The minimum atomic E-state index is -2.03. The molecule has 14 heavy (non-hydrogen) atoms. The fraction of sp³-hybridized carbons (Fsp3) is 0.600. The van der Waals surface area contributed by atoms with Gasteiger partial charge in [-0.25, -0.2) is 4.79 Å². The molecule has 0 radical (unpaired) electrons. The highest BCUT2D eigenvalue weighted by atomic mass is 28.4. The molecule has 0 amide bonds. The number of hydrogen-bond donors (Lipinski definition) is 0. The summed E-state index contributed by atoms with van der Waals surface area (Å²) >= 11 is 0. The predicted octanol–water partition coefficient (Wildman–Crippen LogP) is 2.29. The summed E-state index contributed by atoms with van der Waals surface area (Å²) < 4.78 is 5.36. The second-order valence-electron chi connectivity index (χ2n) is 4.68. The summed E-state index contributed by atoms with van der Waals surface area (Å²) in [5.74, 6) is -0.427. The highest BCUT2D eigenvalue weighted by molar-refractivity contribution is 6.75. The molecular weight excluding hydrogens is 196 g/mol. The van der Waals surface area contributed by atoms with Crippen LogP contribution in [0.4, 0.5) is 0 Å². The smallest absolute Gasteiger partial charge is 0.317 e. The summed E-state index contributed by atoms with van der Waals surface area (Å²) in [7, 11) is -2.03. The molecule has 4 heteroatoms. The van der Waals surface area contributed by atoms with E-state index >= 15 is 0 Å². The van der Waals surface area contributed by atoms with E-state index in [9.17, 15) is 9.59 Å². The van der Waals surface area contributed by atoms with Crippen LogP contribution < -0.4 is 0 Å². The van der Waals surface area contributed by atoms with Gasteiger partial charge in [-0.3, -0.25) is 4.79 Å². The van der Waals surface area contributed by atoms with Crippen molar-refractivity contribution in [2.75, 3.05) is 0 Å². The zero-order chi connectivity index (χ0) is 11.4. The lowest BCUT2D eigenvalue weighted by Crippen LogP contribution is -2.42. The third-order valence-electron chi connectivity index (χ3n) is 2.47. The Morgan fingerprint density at radius 2 is 1.79 bits per heavy atom. The van der Waals surface area contributed by atoms with E-state index in [1.807, 2.05) is 13.1 Å². The van der Waals surface area contributed by atoms with Crippen molar-refractivity contribution in [2.24, 2.45) is 0 Å². The summed E-state index contributed by atoms with van der Waals surface area (Å²) in [5.41, 5.74) is 0. The molecule has 80 valence electrons. The Kier molecular flexibility index (Phi) is 4.26. The monoisotopic (exact) mass is 214 g/mol. The van der Waals surface area contributed by atoms with E-state index in [4.69, 9.17) is 4.43 Å². The fourth-order valence-corrected chi connectivity index (χ4v) is 1.43. The largest absolute Gasteiger partial charge is 0.516 e. The Morgan fingerprint density at radius 1 is 1.29 bits per heavy atom. The Balaban J connectivity index is 4.44. The van der Waals surface area contributed by atoms with E-state index in [-0.39, 0.29) is 5.04 Å². The fourth-order valence-electron chi connectivity index (χ4n) is 0.556. The second-order valence-corrected chi connectivity index (χ2v) is 9.40. The molecule has 0 aliphatic heterocycles. The van der Waals surface area contributed by atoms with Crippen molar-refractivity contribution in [2.45, 2.75) is 38.9 Å². The van der Waals surface area contributed by atoms with Crippen molar-refractivity contribution < 1.29 is 14.0 Å². The van der Waals surface area contributed by atoms with Gasteiger partial charge in [0.15, 0.2) is 0 Å². The summed E-state index contributed by atoms with van der Waals surface area (Å²) in [6, 6.07) is 0. The van der Waals surface area contributed by atoms with Crippen LogP contribution in [0.2, 0.25) is 18.1 Å². The number of rotatable bonds is 3. The third-order valence-corrected chi connectivity index (χ3v) is 6.80. The van der Waals surface area contributed by atoms with Gasteiger partial charge in [0, 0.05) is 6.08 Å². The van der Waals surface area contributed by atoms with E-state index in [2.05, 4.69) is 20.8 Å². The Hall–Kier alpha value is -0.903. The van der Waals surface area contributed by atoms with Gasteiger partial charge in [0.2, 0.25) is 0 Å². The number of aldehydes is 1. The van der Waals surface area contributed by atoms with Crippen molar-refractivity contribution in [3.63, 3.8) is 0 Å². The average Bonchev–Trinajstić information content (AvgIpc) is 1.97. The summed E-state index contributed by atoms with van der Waals surface area (Å²) in [6.07, 6.45) is 2.87. The first-order valence-electron chi connectivity index (χ1n) is 4.55. The van der Waals surface area contributed by atoms with Gasteiger partial charge in [0.05, 0.1) is 0 Å². The normalized spacial score (nSPS) is 12.9. The predicted molar refractivity (Wildman–Crippen MR) is 58.5 cm³/mol. The SMILES string of the molecule is CC(C)(C)[Si](C)(C)OC(=O)/C=C\C=O. The van der Waals surface area contributed by atoms with Crippen molar-refractivity contribution >= 4 is 20.6 Å². The van der Waals surface area contributed by atoms with E-state index < -0.39 is 14.3 Å². The van der Waals surface area contributed by atoms with Crippen LogP contribution in [0.3, 0.4) is 0 Å². The average molecular weight is 214 g/mol. The maximum absolute atomic E-state index is 11.2. The second kappa shape index (κ2) is 4.55. The van der Waals surface area contributed by atoms with Gasteiger partial charge in [-0.1, -0.05) is 20.8 Å². The molecule has 0 spiro atoms. The molecule has 0 atom stereocenters. The van der Waals surface area contributed by atoms with Crippen LogP contribution in [0.1, 0.15) is 20.8 Å². The van der Waals surface area contributed by atoms with Crippen LogP contribution in [0.5, 0.6) is 0 Å². The zero-order valence-corrected chi connectivity index (χ0v) is 10.5. The molecule has 3 nitrogen and oxygen atoms in total. The first-order valence-corrected chi connectivity index (χ1v) is 7.46. The quantitative estimate of drug-likeness (QED) is 0.411. The molecule has 0 rings (SSSR count). The maximum Gasteiger partial charge on any atom is 0.317 e. The van der Waals surface area contributed by atoms with Crippen LogP contribution in [-0.2, 0) is 14.0 Å². The molecule has 0 saturated carbocycles. The van der Waals surface area contributed by atoms with Crippen LogP contribution in [0, 0.1) is 0 Å². The minimum Gasteiger partial charge on any atom is -0.516 e. The maximum atomic E-state index is 11.2. The number of hydrogen-bond acceptors (Lipinski definition) is 3. The van der Waals surface area contributed by atoms with E-state index in [0.29, 0.717) is 6.29 Å². The van der Waals surface area contributed by atoms with E-state index in [1.165, 1.54) is 0 Å². The van der Waals surface area contributed by atoms with Gasteiger partial charge in [-0.15, -0.1) is 0 Å². The molecular formula is C10H18O3Si. The van der Waals surface area contributed by atoms with Gasteiger partial charge < -0.3 is 4.43 Å². The standard InChI is InChI=1S/C10H18O3Si/c1-10(2,3)14(4,5)13-9(12)7-6-8-11/h6-8H,1-5H3/b7-6-. The Morgan fingerprint density at radius 3 is 2.14 bits per heavy atom. The lowest BCUT2D eigenvalue weighted by molar-refractivity contribution is -0.130. The lowest BCUT2D eigenvalue weighted by atomic mass is 10.2. The molecule has 0 aromatic rings.